The van der Waals surface area contributed by atoms with E-state index >= 15 is 0 Å². The van der Waals surface area contributed by atoms with Crippen LogP contribution in [0.15, 0.2) is 0 Å². The lowest BCUT2D eigenvalue weighted by atomic mass is 10.5. The number of hydrogen-bond acceptors (Lipinski definition) is 3. The van der Waals surface area contributed by atoms with Gasteiger partial charge < -0.3 is 4.90 Å². The predicted octanol–water partition coefficient (Wildman–Crippen LogP) is 0.748. The van der Waals surface area contributed by atoms with Gasteiger partial charge in [0.2, 0.25) is 0 Å². The second-order valence-corrected chi connectivity index (χ2v) is 5.81. The Hall–Kier alpha value is 0.390. The molecule has 0 saturated carbocycles. The van der Waals surface area contributed by atoms with Crippen LogP contribution in [-0.4, -0.2) is 50.3 Å². The molecule has 0 aromatic rings. The van der Waals surface area contributed by atoms with Gasteiger partial charge >= 0.3 is 0 Å². The lowest BCUT2D eigenvalue weighted by molar-refractivity contribution is 0.325. The van der Waals surface area contributed by atoms with Crippen LogP contribution < -0.4 is 0 Å². The Morgan fingerprint density at radius 2 is 1.92 bits per heavy atom. The molecule has 0 aliphatic rings. The maximum Gasteiger partial charge on any atom is 0.148 e. The monoisotopic (exact) mass is 257 g/mol. The van der Waals surface area contributed by atoms with Crippen LogP contribution >= 0.6 is 15.9 Å². The van der Waals surface area contributed by atoms with E-state index < -0.39 is 9.84 Å². The molecule has 0 bridgehead atoms. The number of alkyl halides is 1. The minimum absolute atomic E-state index is 0.258. The van der Waals surface area contributed by atoms with E-state index in [1.54, 1.807) is 0 Å². The summed E-state index contributed by atoms with van der Waals surface area (Å²) in [5.41, 5.74) is 0. The SMILES string of the molecule is CCN(CCBr)CCS(C)(=O)=O. The van der Waals surface area contributed by atoms with E-state index in [9.17, 15) is 8.42 Å². The summed E-state index contributed by atoms with van der Waals surface area (Å²) in [6.45, 7) is 4.49. The van der Waals surface area contributed by atoms with Crippen molar-refractivity contribution in [1.29, 1.82) is 0 Å². The fourth-order valence-electron chi connectivity index (χ4n) is 0.842. The fourth-order valence-corrected chi connectivity index (χ4v) is 1.93. The Bertz CT molecular complexity index is 203. The zero-order valence-corrected chi connectivity index (χ0v) is 9.99. The van der Waals surface area contributed by atoms with Crippen molar-refractivity contribution in [3.63, 3.8) is 0 Å². The minimum Gasteiger partial charge on any atom is -0.302 e. The zero-order chi connectivity index (χ0) is 9.61. The molecular weight excluding hydrogens is 242 g/mol. The van der Waals surface area contributed by atoms with E-state index in [1.165, 1.54) is 6.26 Å². The first-order valence-corrected chi connectivity index (χ1v) is 7.14. The number of rotatable bonds is 6. The van der Waals surface area contributed by atoms with Gasteiger partial charge in [-0.15, -0.1) is 0 Å². The molecular formula is C7H16BrNO2S. The Morgan fingerprint density at radius 3 is 2.25 bits per heavy atom. The predicted molar refractivity (Wildman–Crippen MR) is 55.6 cm³/mol. The summed E-state index contributed by atoms with van der Waals surface area (Å²) in [6.07, 6.45) is 1.27. The second kappa shape index (κ2) is 5.94. The van der Waals surface area contributed by atoms with Crippen LogP contribution in [0.5, 0.6) is 0 Å². The van der Waals surface area contributed by atoms with Crippen LogP contribution in [0, 0.1) is 0 Å². The van der Waals surface area contributed by atoms with Gasteiger partial charge in [0.25, 0.3) is 0 Å². The molecule has 0 aliphatic carbocycles. The highest BCUT2D eigenvalue weighted by molar-refractivity contribution is 9.09. The van der Waals surface area contributed by atoms with Crippen molar-refractivity contribution in [2.75, 3.05) is 37.0 Å². The molecule has 5 heteroatoms. The molecule has 0 N–H and O–H groups in total. The highest BCUT2D eigenvalue weighted by Crippen LogP contribution is 1.92. The van der Waals surface area contributed by atoms with Crippen molar-refractivity contribution in [2.45, 2.75) is 6.92 Å². The normalized spacial score (nSPS) is 12.3. The van der Waals surface area contributed by atoms with Crippen LogP contribution in [-0.2, 0) is 9.84 Å². The standard InChI is InChI=1S/C7H16BrNO2S/c1-3-9(5-4-8)6-7-12(2,10)11/h3-7H2,1-2H3. The third-order valence-corrected chi connectivity index (χ3v) is 2.91. The Morgan fingerprint density at radius 1 is 1.33 bits per heavy atom. The number of nitrogens with zero attached hydrogens (tertiary/aromatic N) is 1. The van der Waals surface area contributed by atoms with E-state index in [1.807, 2.05) is 6.92 Å². The van der Waals surface area contributed by atoms with Crippen molar-refractivity contribution in [3.05, 3.63) is 0 Å². The maximum atomic E-state index is 10.8. The van der Waals surface area contributed by atoms with Crippen molar-refractivity contribution in [3.8, 4) is 0 Å². The molecule has 0 atom stereocenters. The quantitative estimate of drug-likeness (QED) is 0.660. The molecule has 0 aromatic carbocycles. The highest BCUT2D eigenvalue weighted by Gasteiger charge is 2.06. The summed E-state index contributed by atoms with van der Waals surface area (Å²) in [7, 11) is -2.80. The lowest BCUT2D eigenvalue weighted by Gasteiger charge is -2.17. The summed E-state index contributed by atoms with van der Waals surface area (Å²) >= 11 is 3.32. The molecule has 0 aromatic heterocycles. The smallest absolute Gasteiger partial charge is 0.148 e. The van der Waals surface area contributed by atoms with Gasteiger partial charge in [-0.25, -0.2) is 8.42 Å². The number of halogens is 1. The van der Waals surface area contributed by atoms with E-state index in [-0.39, 0.29) is 5.75 Å². The van der Waals surface area contributed by atoms with Gasteiger partial charge in [-0.1, -0.05) is 22.9 Å². The summed E-state index contributed by atoms with van der Waals surface area (Å²) < 4.78 is 21.6. The molecule has 0 rings (SSSR count). The first-order chi connectivity index (χ1) is 5.49. The molecule has 0 aliphatic heterocycles. The van der Waals surface area contributed by atoms with Gasteiger partial charge in [0.1, 0.15) is 9.84 Å². The summed E-state index contributed by atoms with van der Waals surface area (Å²) in [6, 6.07) is 0. The lowest BCUT2D eigenvalue weighted by Crippen LogP contribution is -2.30. The van der Waals surface area contributed by atoms with Gasteiger partial charge in [-0.3, -0.25) is 0 Å². The molecule has 0 spiro atoms. The minimum atomic E-state index is -2.80. The molecule has 0 radical (unpaired) electrons. The average Bonchev–Trinajstić information content (AvgIpc) is 1.96. The van der Waals surface area contributed by atoms with Crippen LogP contribution in [0.3, 0.4) is 0 Å². The van der Waals surface area contributed by atoms with Crippen molar-refractivity contribution >= 4 is 25.8 Å². The average molecular weight is 258 g/mol. The molecule has 0 heterocycles. The third-order valence-electron chi connectivity index (χ3n) is 1.63. The van der Waals surface area contributed by atoms with Crippen molar-refractivity contribution in [1.82, 2.24) is 4.90 Å². The van der Waals surface area contributed by atoms with Gasteiger partial charge in [0.05, 0.1) is 5.75 Å². The summed E-state index contributed by atoms with van der Waals surface area (Å²) in [5.74, 6) is 0.258. The first kappa shape index (κ1) is 12.4. The molecule has 3 nitrogen and oxygen atoms in total. The first-order valence-electron chi connectivity index (χ1n) is 3.95. The van der Waals surface area contributed by atoms with Crippen LogP contribution in [0.2, 0.25) is 0 Å². The van der Waals surface area contributed by atoms with E-state index in [2.05, 4.69) is 20.8 Å². The number of hydrogen-bond donors (Lipinski definition) is 0. The molecule has 0 amide bonds. The molecule has 0 unspecified atom stereocenters. The third kappa shape index (κ3) is 7.06. The Balaban J connectivity index is 3.73. The van der Waals surface area contributed by atoms with Crippen LogP contribution in [0.4, 0.5) is 0 Å². The molecule has 0 fully saturated rings. The van der Waals surface area contributed by atoms with Crippen molar-refractivity contribution in [2.24, 2.45) is 0 Å². The Kier molecular flexibility index (Phi) is 6.13. The second-order valence-electron chi connectivity index (χ2n) is 2.75. The van der Waals surface area contributed by atoms with E-state index in [0.29, 0.717) is 6.54 Å². The van der Waals surface area contributed by atoms with E-state index in [4.69, 9.17) is 0 Å². The summed E-state index contributed by atoms with van der Waals surface area (Å²) in [5, 5.41) is 0.893. The van der Waals surface area contributed by atoms with Gasteiger partial charge in [-0.05, 0) is 6.54 Å². The van der Waals surface area contributed by atoms with Gasteiger partial charge in [0, 0.05) is 24.7 Å². The molecule has 12 heavy (non-hydrogen) atoms. The van der Waals surface area contributed by atoms with Gasteiger partial charge in [-0.2, -0.15) is 0 Å². The van der Waals surface area contributed by atoms with Gasteiger partial charge in [0.15, 0.2) is 0 Å². The number of sulfone groups is 1. The summed E-state index contributed by atoms with van der Waals surface area (Å²) in [4.78, 5) is 2.11. The fraction of sp³-hybridized carbons (Fsp3) is 1.00. The largest absolute Gasteiger partial charge is 0.302 e. The highest BCUT2D eigenvalue weighted by atomic mass is 79.9. The van der Waals surface area contributed by atoms with Crippen molar-refractivity contribution < 1.29 is 8.42 Å². The maximum absolute atomic E-state index is 10.8. The Labute approximate surface area is 83.2 Å². The van der Waals surface area contributed by atoms with Crippen LogP contribution in [0.25, 0.3) is 0 Å². The molecule has 0 saturated heterocycles. The molecule has 74 valence electrons. The van der Waals surface area contributed by atoms with Crippen LogP contribution in [0.1, 0.15) is 6.92 Å². The topological polar surface area (TPSA) is 37.4 Å². The zero-order valence-electron chi connectivity index (χ0n) is 7.59. The van der Waals surface area contributed by atoms with E-state index in [0.717, 1.165) is 18.4 Å².